The van der Waals surface area contributed by atoms with Crippen molar-refractivity contribution in [1.82, 2.24) is 0 Å². The van der Waals surface area contributed by atoms with Gasteiger partial charge < -0.3 is 24.4 Å². The Bertz CT molecular complexity index is 1460. The number of ether oxygens (including phenoxy) is 3. The molecule has 0 unspecified atom stereocenters. The van der Waals surface area contributed by atoms with Crippen LogP contribution in [0.5, 0.6) is 5.75 Å². The third kappa shape index (κ3) is 11.2. The van der Waals surface area contributed by atoms with Crippen LogP contribution in [0.1, 0.15) is 62.3 Å². The number of aliphatic hydroxyl groups is 2. The van der Waals surface area contributed by atoms with Crippen molar-refractivity contribution in [3.05, 3.63) is 101 Å². The van der Waals surface area contributed by atoms with Crippen molar-refractivity contribution in [3.8, 4) is 28.0 Å². The molecule has 7 heteroatoms. The van der Waals surface area contributed by atoms with Crippen molar-refractivity contribution in [2.45, 2.75) is 66.2 Å². The molecule has 0 spiro atoms. The van der Waals surface area contributed by atoms with Gasteiger partial charge in [0.1, 0.15) is 5.75 Å². The number of aryl methyl sites for hydroxylation is 4. The second-order valence-corrected chi connectivity index (χ2v) is 12.1. The molecule has 3 aromatic carbocycles. The second kappa shape index (κ2) is 18.8. The maximum absolute atomic E-state index is 12.0. The summed E-state index contributed by atoms with van der Waals surface area (Å²) in [4.78, 5) is 24.0. The molecule has 0 aliphatic carbocycles. The molecule has 0 bridgehead atoms. The Labute approximate surface area is 279 Å². The van der Waals surface area contributed by atoms with Crippen LogP contribution in [-0.2, 0) is 38.3 Å². The number of hydrogen-bond donors (Lipinski definition) is 2. The lowest BCUT2D eigenvalue weighted by atomic mass is 9.90. The topological polar surface area (TPSA) is 102 Å². The number of carbonyl (C=O) groups excluding carboxylic acids is 2. The molecule has 0 radical (unpaired) electrons. The summed E-state index contributed by atoms with van der Waals surface area (Å²) in [6, 6.07) is 19.4. The highest BCUT2D eigenvalue weighted by Crippen LogP contribution is 2.36. The van der Waals surface area contributed by atoms with Gasteiger partial charge in [-0.2, -0.15) is 0 Å². The van der Waals surface area contributed by atoms with Gasteiger partial charge in [0.2, 0.25) is 0 Å². The summed E-state index contributed by atoms with van der Waals surface area (Å²) < 4.78 is 17.2. The Morgan fingerprint density at radius 2 is 1.23 bits per heavy atom. The third-order valence-electron chi connectivity index (χ3n) is 8.06. The first kappa shape index (κ1) is 37.3. The second-order valence-electron chi connectivity index (χ2n) is 12.1. The van der Waals surface area contributed by atoms with Crippen LogP contribution in [-0.4, -0.2) is 55.2 Å². The van der Waals surface area contributed by atoms with Crippen molar-refractivity contribution in [3.63, 3.8) is 0 Å². The van der Waals surface area contributed by atoms with Gasteiger partial charge in [0.25, 0.3) is 0 Å². The highest BCUT2D eigenvalue weighted by Gasteiger charge is 2.18. The summed E-state index contributed by atoms with van der Waals surface area (Å²) in [5, 5.41) is 19.2. The zero-order valence-electron chi connectivity index (χ0n) is 28.4. The molecular formula is C40H50O7. The Morgan fingerprint density at radius 1 is 0.723 bits per heavy atom. The van der Waals surface area contributed by atoms with E-state index >= 15 is 0 Å². The molecule has 0 amide bonds. The van der Waals surface area contributed by atoms with Gasteiger partial charge in [0.15, 0.2) is 0 Å². The average Bonchev–Trinajstić information content (AvgIpc) is 3.07. The van der Waals surface area contributed by atoms with Crippen molar-refractivity contribution < 1.29 is 34.0 Å². The van der Waals surface area contributed by atoms with E-state index < -0.39 is 11.9 Å². The number of esters is 2. The quantitative estimate of drug-likeness (QED) is 0.0800. The molecule has 3 rings (SSSR count). The van der Waals surface area contributed by atoms with Crippen LogP contribution in [0, 0.1) is 12.8 Å². The molecule has 0 heterocycles. The predicted molar refractivity (Wildman–Crippen MR) is 187 cm³/mol. The molecule has 47 heavy (non-hydrogen) atoms. The SMILES string of the molecule is C=C(C)C(=O)OCCCc1cc(-c2ccc(-c3ccc(C)cc3)cc2CC)cc(CCCOC(=O)C(=C)C)c1OCCC(CO)CO. The Kier molecular flexibility index (Phi) is 14.9. The molecule has 0 saturated heterocycles. The standard InChI is InChI=1S/C40H50O7/c1-7-31-22-33(32-14-12-29(6)13-15-32)16-17-37(31)36-23-34(10-8-19-46-39(43)27(2)3)38(45-21-18-30(25-41)26-42)35(24-36)11-9-20-47-40(44)28(4)5/h12-17,22-24,30,41-42H,2,4,7-11,18-21,25-26H2,1,3,5-6H3. The molecule has 0 saturated carbocycles. The molecule has 0 fully saturated rings. The van der Waals surface area contributed by atoms with E-state index in [0.29, 0.717) is 49.9 Å². The number of benzene rings is 3. The number of hydrogen-bond acceptors (Lipinski definition) is 7. The predicted octanol–water partition coefficient (Wildman–Crippen LogP) is 7.36. The van der Waals surface area contributed by atoms with Crippen LogP contribution >= 0.6 is 0 Å². The van der Waals surface area contributed by atoms with Crippen LogP contribution in [0.4, 0.5) is 0 Å². The van der Waals surface area contributed by atoms with Gasteiger partial charge in [-0.3, -0.25) is 0 Å². The summed E-state index contributed by atoms with van der Waals surface area (Å²) in [7, 11) is 0. The minimum Gasteiger partial charge on any atom is -0.493 e. The van der Waals surface area contributed by atoms with Gasteiger partial charge in [-0.1, -0.05) is 68.1 Å². The van der Waals surface area contributed by atoms with E-state index in [1.165, 1.54) is 16.7 Å². The fourth-order valence-electron chi connectivity index (χ4n) is 5.23. The molecule has 0 aromatic heterocycles. The van der Waals surface area contributed by atoms with Gasteiger partial charge >= 0.3 is 11.9 Å². The maximum atomic E-state index is 12.0. The fraction of sp³-hybridized carbons (Fsp3) is 0.400. The molecule has 0 aliphatic heterocycles. The van der Waals surface area contributed by atoms with Crippen LogP contribution in [0.3, 0.4) is 0 Å². The Balaban J connectivity index is 2.03. The van der Waals surface area contributed by atoms with Crippen molar-refractivity contribution in [2.75, 3.05) is 33.0 Å². The molecule has 0 atom stereocenters. The first-order valence-corrected chi connectivity index (χ1v) is 16.4. The lowest BCUT2D eigenvalue weighted by molar-refractivity contribution is -0.139. The summed E-state index contributed by atoms with van der Waals surface area (Å²) in [6.45, 7) is 15.3. The molecular weight excluding hydrogens is 592 g/mol. The minimum absolute atomic E-state index is 0.126. The molecule has 252 valence electrons. The van der Waals surface area contributed by atoms with E-state index in [1.54, 1.807) is 13.8 Å². The van der Waals surface area contributed by atoms with Crippen LogP contribution in [0.2, 0.25) is 0 Å². The van der Waals surface area contributed by atoms with Gasteiger partial charge in [-0.05, 0) is 110 Å². The van der Waals surface area contributed by atoms with Crippen molar-refractivity contribution in [2.24, 2.45) is 5.92 Å². The Hall–Kier alpha value is -4.20. The monoisotopic (exact) mass is 642 g/mol. The molecule has 0 aliphatic rings. The highest BCUT2D eigenvalue weighted by molar-refractivity contribution is 5.87. The zero-order valence-corrected chi connectivity index (χ0v) is 28.4. The van der Waals surface area contributed by atoms with E-state index in [0.717, 1.165) is 40.0 Å². The lowest BCUT2D eigenvalue weighted by Gasteiger charge is -2.21. The number of aliphatic hydroxyl groups excluding tert-OH is 2. The van der Waals surface area contributed by atoms with Crippen molar-refractivity contribution >= 4 is 11.9 Å². The average molecular weight is 643 g/mol. The largest absolute Gasteiger partial charge is 0.493 e. The lowest BCUT2D eigenvalue weighted by Crippen LogP contribution is -2.16. The van der Waals surface area contributed by atoms with E-state index in [-0.39, 0.29) is 32.3 Å². The highest BCUT2D eigenvalue weighted by atomic mass is 16.5. The maximum Gasteiger partial charge on any atom is 0.333 e. The van der Waals surface area contributed by atoms with E-state index in [4.69, 9.17) is 14.2 Å². The van der Waals surface area contributed by atoms with Gasteiger partial charge in [-0.25, -0.2) is 9.59 Å². The van der Waals surface area contributed by atoms with E-state index in [2.05, 4.69) is 81.6 Å². The molecule has 2 N–H and O–H groups in total. The van der Waals surface area contributed by atoms with Crippen LogP contribution in [0.25, 0.3) is 22.3 Å². The molecule has 7 nitrogen and oxygen atoms in total. The van der Waals surface area contributed by atoms with E-state index in [9.17, 15) is 19.8 Å². The first-order chi connectivity index (χ1) is 22.6. The fourth-order valence-corrected chi connectivity index (χ4v) is 5.23. The smallest absolute Gasteiger partial charge is 0.333 e. The summed E-state index contributed by atoms with van der Waals surface area (Å²) in [5.41, 5.74) is 9.59. The summed E-state index contributed by atoms with van der Waals surface area (Å²) in [6.07, 6.45) is 3.68. The minimum atomic E-state index is -0.416. The molecule has 3 aromatic rings. The zero-order chi connectivity index (χ0) is 34.3. The Morgan fingerprint density at radius 3 is 1.72 bits per heavy atom. The normalized spacial score (nSPS) is 11.0. The third-order valence-corrected chi connectivity index (χ3v) is 8.06. The van der Waals surface area contributed by atoms with Crippen molar-refractivity contribution in [1.29, 1.82) is 0 Å². The van der Waals surface area contributed by atoms with Crippen LogP contribution < -0.4 is 4.74 Å². The number of carbonyl (C=O) groups is 2. The van der Waals surface area contributed by atoms with Gasteiger partial charge in [0.05, 0.1) is 19.8 Å². The van der Waals surface area contributed by atoms with E-state index in [1.807, 2.05) is 0 Å². The van der Waals surface area contributed by atoms with Gasteiger partial charge in [-0.15, -0.1) is 0 Å². The van der Waals surface area contributed by atoms with Gasteiger partial charge in [0, 0.05) is 30.3 Å². The first-order valence-electron chi connectivity index (χ1n) is 16.4. The van der Waals surface area contributed by atoms with Crippen LogP contribution in [0.15, 0.2) is 78.9 Å². The summed E-state index contributed by atoms with van der Waals surface area (Å²) in [5.74, 6) is -0.375. The summed E-state index contributed by atoms with van der Waals surface area (Å²) >= 11 is 0. The number of rotatable bonds is 19.